The van der Waals surface area contributed by atoms with Gasteiger partial charge in [0.15, 0.2) is 0 Å². The van der Waals surface area contributed by atoms with Crippen molar-refractivity contribution in [2.75, 3.05) is 0 Å². The van der Waals surface area contributed by atoms with Crippen LogP contribution in [0.25, 0.3) is 21.5 Å². The first kappa shape index (κ1) is 15.9. The topological polar surface area (TPSA) is 37.3 Å². The summed E-state index contributed by atoms with van der Waals surface area (Å²) in [7, 11) is 0. The predicted molar refractivity (Wildman–Crippen MR) is 83.4 cm³/mol. The van der Waals surface area contributed by atoms with Gasteiger partial charge in [0.1, 0.15) is 0 Å². The number of carboxylic acids is 1. The first-order valence-corrected chi connectivity index (χ1v) is 7.10. The summed E-state index contributed by atoms with van der Waals surface area (Å²) in [5, 5.41) is 10.7. The van der Waals surface area contributed by atoms with Gasteiger partial charge >= 0.3 is 12.1 Å². The first-order chi connectivity index (χ1) is 10.7. The number of carboxylic acid groups (broad SMARTS) is 1. The lowest BCUT2D eigenvalue weighted by Crippen LogP contribution is -2.05. The Morgan fingerprint density at radius 1 is 1.00 bits per heavy atom. The second-order valence-electron chi connectivity index (χ2n) is 4.97. The summed E-state index contributed by atoms with van der Waals surface area (Å²) in [5.74, 6) is -1.21. The molecule has 0 aliphatic heterocycles. The summed E-state index contributed by atoms with van der Waals surface area (Å²) in [5.41, 5.74) is -0.906. The molecular weight excluding hydrogens is 352 g/mol. The minimum Gasteiger partial charge on any atom is -0.478 e. The minimum atomic E-state index is -4.51. The molecule has 118 valence electrons. The maximum Gasteiger partial charge on any atom is 0.416 e. The molecule has 3 rings (SSSR count). The Bertz CT molecular complexity index is 965. The molecule has 0 spiro atoms. The minimum absolute atomic E-state index is 0.0725. The van der Waals surface area contributed by atoms with E-state index in [1.54, 1.807) is 0 Å². The van der Waals surface area contributed by atoms with Gasteiger partial charge in [-0.3, -0.25) is 0 Å². The van der Waals surface area contributed by atoms with Crippen molar-refractivity contribution in [1.29, 1.82) is 0 Å². The average molecular weight is 359 g/mol. The fraction of sp³-hybridized carbons (Fsp3) is 0.0625. The fourth-order valence-electron chi connectivity index (χ4n) is 2.54. The highest BCUT2D eigenvalue weighted by Gasteiger charge is 2.31. The van der Waals surface area contributed by atoms with E-state index in [4.69, 9.17) is 23.2 Å². The third-order valence-corrected chi connectivity index (χ3v) is 4.04. The number of hydrogen-bond acceptors (Lipinski definition) is 1. The third-order valence-electron chi connectivity index (χ3n) is 3.53. The Labute approximate surface area is 138 Å². The van der Waals surface area contributed by atoms with E-state index in [9.17, 15) is 23.1 Å². The zero-order valence-electron chi connectivity index (χ0n) is 11.2. The Morgan fingerprint density at radius 2 is 1.70 bits per heavy atom. The number of hydrogen-bond donors (Lipinski definition) is 1. The molecule has 1 N–H and O–H groups in total. The molecule has 0 unspecified atom stereocenters. The number of aromatic carboxylic acids is 1. The van der Waals surface area contributed by atoms with Crippen LogP contribution in [0.5, 0.6) is 0 Å². The Kier molecular flexibility index (Phi) is 3.65. The molecule has 2 nitrogen and oxygen atoms in total. The van der Waals surface area contributed by atoms with E-state index in [0.717, 1.165) is 12.1 Å². The average Bonchev–Trinajstić information content (AvgIpc) is 2.43. The van der Waals surface area contributed by atoms with Crippen molar-refractivity contribution >= 4 is 50.7 Å². The van der Waals surface area contributed by atoms with E-state index in [1.807, 2.05) is 0 Å². The number of carbonyl (C=O) groups is 1. The van der Waals surface area contributed by atoms with Crippen LogP contribution in [0.1, 0.15) is 15.9 Å². The van der Waals surface area contributed by atoms with Crippen molar-refractivity contribution in [3.8, 4) is 0 Å². The molecule has 0 saturated carbocycles. The van der Waals surface area contributed by atoms with Crippen molar-refractivity contribution < 1.29 is 23.1 Å². The molecule has 0 aliphatic rings. The molecule has 0 saturated heterocycles. The lowest BCUT2D eigenvalue weighted by atomic mass is 9.95. The highest BCUT2D eigenvalue weighted by molar-refractivity contribution is 6.41. The van der Waals surface area contributed by atoms with E-state index < -0.39 is 17.7 Å². The van der Waals surface area contributed by atoms with Gasteiger partial charge in [-0.15, -0.1) is 0 Å². The molecule has 0 amide bonds. The van der Waals surface area contributed by atoms with E-state index in [-0.39, 0.29) is 31.8 Å². The van der Waals surface area contributed by atoms with Crippen LogP contribution in [0.2, 0.25) is 10.0 Å². The summed E-state index contributed by atoms with van der Waals surface area (Å²) in [6, 6.07) is 7.16. The summed E-state index contributed by atoms with van der Waals surface area (Å²) >= 11 is 12.0. The fourth-order valence-corrected chi connectivity index (χ4v) is 3.14. The van der Waals surface area contributed by atoms with Gasteiger partial charge in [-0.2, -0.15) is 13.2 Å². The lowest BCUT2D eigenvalue weighted by Gasteiger charge is -2.13. The monoisotopic (exact) mass is 358 g/mol. The van der Waals surface area contributed by atoms with Crippen LogP contribution >= 0.6 is 23.2 Å². The number of rotatable bonds is 1. The molecule has 0 aromatic heterocycles. The molecule has 0 bridgehead atoms. The maximum absolute atomic E-state index is 12.9. The lowest BCUT2D eigenvalue weighted by molar-refractivity contribution is -0.137. The Morgan fingerprint density at radius 3 is 2.30 bits per heavy atom. The first-order valence-electron chi connectivity index (χ1n) is 6.34. The van der Waals surface area contributed by atoms with Crippen molar-refractivity contribution in [3.63, 3.8) is 0 Å². The van der Waals surface area contributed by atoms with Crippen LogP contribution in [0.3, 0.4) is 0 Å². The molecule has 0 atom stereocenters. The molecule has 0 radical (unpaired) electrons. The second-order valence-corrected chi connectivity index (χ2v) is 5.82. The quantitative estimate of drug-likeness (QED) is 0.540. The van der Waals surface area contributed by atoms with Gasteiger partial charge in [0.25, 0.3) is 0 Å². The number of fused-ring (bicyclic) bond motifs is 3. The van der Waals surface area contributed by atoms with Gasteiger partial charge in [0.05, 0.1) is 16.1 Å². The SMILES string of the molecule is O=C(O)c1cc2ccc(C(F)(F)F)cc2c2c(Cl)cc(Cl)cc12. The van der Waals surface area contributed by atoms with Gasteiger partial charge < -0.3 is 5.11 Å². The largest absolute Gasteiger partial charge is 0.478 e. The molecule has 7 heteroatoms. The van der Waals surface area contributed by atoms with E-state index >= 15 is 0 Å². The highest BCUT2D eigenvalue weighted by atomic mass is 35.5. The Balaban J connectivity index is 2.54. The number of halogens is 5. The van der Waals surface area contributed by atoms with Crippen LogP contribution in [0, 0.1) is 0 Å². The molecule has 0 heterocycles. The van der Waals surface area contributed by atoms with Crippen LogP contribution in [-0.4, -0.2) is 11.1 Å². The van der Waals surface area contributed by atoms with Gasteiger partial charge in [-0.1, -0.05) is 29.3 Å². The number of alkyl halides is 3. The normalized spacial score (nSPS) is 12.0. The van der Waals surface area contributed by atoms with E-state index in [1.165, 1.54) is 24.3 Å². The third kappa shape index (κ3) is 2.71. The highest BCUT2D eigenvalue weighted by Crippen LogP contribution is 2.39. The molecule has 0 aliphatic carbocycles. The second kappa shape index (κ2) is 5.28. The van der Waals surface area contributed by atoms with Crippen molar-refractivity contribution in [1.82, 2.24) is 0 Å². The molecular formula is C16H7Cl2F3O2. The maximum atomic E-state index is 12.9. The van der Waals surface area contributed by atoms with E-state index in [0.29, 0.717) is 5.39 Å². The van der Waals surface area contributed by atoms with Crippen molar-refractivity contribution in [3.05, 3.63) is 57.6 Å². The predicted octanol–water partition coefficient (Wildman–Crippen LogP) is 6.02. The van der Waals surface area contributed by atoms with E-state index in [2.05, 4.69) is 0 Å². The zero-order chi connectivity index (χ0) is 16.9. The van der Waals surface area contributed by atoms with Crippen molar-refractivity contribution in [2.24, 2.45) is 0 Å². The van der Waals surface area contributed by atoms with Crippen LogP contribution in [-0.2, 0) is 6.18 Å². The smallest absolute Gasteiger partial charge is 0.416 e. The van der Waals surface area contributed by atoms with Gasteiger partial charge in [0, 0.05) is 10.4 Å². The zero-order valence-corrected chi connectivity index (χ0v) is 12.7. The molecule has 3 aromatic rings. The van der Waals surface area contributed by atoms with Crippen LogP contribution < -0.4 is 0 Å². The van der Waals surface area contributed by atoms with Gasteiger partial charge in [0.2, 0.25) is 0 Å². The number of benzene rings is 3. The molecule has 23 heavy (non-hydrogen) atoms. The summed E-state index contributed by atoms with van der Waals surface area (Å²) < 4.78 is 38.8. The van der Waals surface area contributed by atoms with Crippen LogP contribution in [0.4, 0.5) is 13.2 Å². The van der Waals surface area contributed by atoms with Gasteiger partial charge in [-0.05, 0) is 46.5 Å². The summed E-state index contributed by atoms with van der Waals surface area (Å²) in [6.07, 6.45) is -4.51. The Hall–Kier alpha value is -1.98. The summed E-state index contributed by atoms with van der Waals surface area (Å²) in [6.45, 7) is 0. The van der Waals surface area contributed by atoms with Crippen LogP contribution in [0.15, 0.2) is 36.4 Å². The summed E-state index contributed by atoms with van der Waals surface area (Å²) in [4.78, 5) is 11.4. The van der Waals surface area contributed by atoms with Crippen molar-refractivity contribution in [2.45, 2.75) is 6.18 Å². The van der Waals surface area contributed by atoms with Gasteiger partial charge in [-0.25, -0.2) is 4.79 Å². The standard InChI is InChI=1S/C16H7Cl2F3O2/c17-9-5-11-12(15(22)23)3-7-1-2-8(16(19,20)21)4-10(7)14(11)13(18)6-9/h1-6H,(H,22,23). The molecule has 0 fully saturated rings. The molecule has 3 aromatic carbocycles.